The Labute approximate surface area is 111 Å². The van der Waals surface area contributed by atoms with Crippen LogP contribution in [0.15, 0.2) is 41.4 Å². The molecule has 96 valence electrons. The molecule has 0 aromatic heterocycles. The molecule has 1 aliphatic rings. The Bertz CT molecular complexity index is 659. The molecule has 4 heteroatoms. The van der Waals surface area contributed by atoms with Crippen molar-refractivity contribution >= 4 is 34.5 Å². The van der Waals surface area contributed by atoms with Crippen LogP contribution in [-0.4, -0.2) is 25.5 Å². The van der Waals surface area contributed by atoms with Crippen LogP contribution < -0.4 is 4.90 Å². The smallest absolute Gasteiger partial charge is 0.325 e. The van der Waals surface area contributed by atoms with E-state index in [1.54, 1.807) is 13.3 Å². The molecule has 0 saturated carbocycles. The minimum absolute atomic E-state index is 0.185. The molecule has 3 rings (SSSR count). The summed E-state index contributed by atoms with van der Waals surface area (Å²) in [6, 6.07) is 12.0. The summed E-state index contributed by atoms with van der Waals surface area (Å²) in [6.07, 6.45) is 1.69. The molecule has 2 aromatic carbocycles. The molecule has 0 bridgehead atoms. The molecule has 0 unspecified atom stereocenters. The highest BCUT2D eigenvalue weighted by atomic mass is 16.5. The Morgan fingerprint density at radius 1 is 1.26 bits per heavy atom. The first-order chi connectivity index (χ1) is 9.29. The fourth-order valence-corrected chi connectivity index (χ4v) is 2.31. The summed E-state index contributed by atoms with van der Waals surface area (Å²) in [5.74, 6) is -0.245. The molecule has 0 amide bonds. The zero-order valence-electron chi connectivity index (χ0n) is 10.7. The minimum atomic E-state index is -0.245. The number of benzene rings is 2. The van der Waals surface area contributed by atoms with Gasteiger partial charge in [0, 0.05) is 5.39 Å². The van der Waals surface area contributed by atoms with Crippen molar-refractivity contribution in [2.45, 2.75) is 6.92 Å². The third-order valence-corrected chi connectivity index (χ3v) is 3.11. The predicted molar refractivity (Wildman–Crippen MR) is 76.1 cm³/mol. The monoisotopic (exact) mass is 254 g/mol. The summed E-state index contributed by atoms with van der Waals surface area (Å²) >= 11 is 0. The van der Waals surface area contributed by atoms with Gasteiger partial charge in [0.25, 0.3) is 0 Å². The van der Waals surface area contributed by atoms with Gasteiger partial charge in [-0.2, -0.15) is 0 Å². The maximum atomic E-state index is 11.6. The van der Waals surface area contributed by atoms with Gasteiger partial charge >= 0.3 is 5.97 Å². The summed E-state index contributed by atoms with van der Waals surface area (Å²) in [5.41, 5.74) is 1.93. The lowest BCUT2D eigenvalue weighted by molar-refractivity contribution is -0.141. The zero-order valence-corrected chi connectivity index (χ0v) is 10.7. The summed E-state index contributed by atoms with van der Waals surface area (Å²) in [6.45, 7) is 2.38. The molecule has 1 heterocycles. The fraction of sp³-hybridized carbons (Fsp3) is 0.200. The summed E-state index contributed by atoms with van der Waals surface area (Å²) in [5, 5.41) is 2.21. The third-order valence-electron chi connectivity index (χ3n) is 3.11. The molecular formula is C15H14N2O2. The van der Waals surface area contributed by atoms with Gasteiger partial charge in [-0.3, -0.25) is 4.79 Å². The van der Waals surface area contributed by atoms with E-state index < -0.39 is 0 Å². The van der Waals surface area contributed by atoms with Crippen molar-refractivity contribution in [1.29, 1.82) is 0 Å². The van der Waals surface area contributed by atoms with E-state index in [4.69, 9.17) is 4.74 Å². The van der Waals surface area contributed by atoms with Gasteiger partial charge in [-0.15, -0.1) is 0 Å². The number of carbonyl (C=O) groups excluding carboxylic acids is 1. The highest BCUT2D eigenvalue weighted by Gasteiger charge is 2.18. The maximum absolute atomic E-state index is 11.6. The first-order valence-electron chi connectivity index (χ1n) is 6.28. The number of nitrogens with zero attached hydrogens (tertiary/aromatic N) is 2. The average Bonchev–Trinajstić information content (AvgIpc) is 2.43. The van der Waals surface area contributed by atoms with Crippen LogP contribution in [-0.2, 0) is 9.53 Å². The summed E-state index contributed by atoms with van der Waals surface area (Å²) in [4.78, 5) is 17.8. The topological polar surface area (TPSA) is 41.9 Å². The maximum Gasteiger partial charge on any atom is 0.325 e. The summed E-state index contributed by atoms with van der Waals surface area (Å²) in [7, 11) is 0. The van der Waals surface area contributed by atoms with Crippen molar-refractivity contribution in [3.05, 3.63) is 36.4 Å². The number of anilines is 1. The number of hydrogen-bond donors (Lipinski definition) is 0. The van der Waals surface area contributed by atoms with Gasteiger partial charge in [-0.1, -0.05) is 24.3 Å². The standard InChI is InChI=1S/C15H14N2O2/c1-2-19-14(18)9-17-10-16-12-7-3-5-11-6-4-8-13(17)15(11)12/h3-8,10H,2,9H2,1H3. The van der Waals surface area contributed by atoms with Gasteiger partial charge < -0.3 is 9.64 Å². The van der Waals surface area contributed by atoms with Crippen LogP contribution in [0, 0.1) is 0 Å². The minimum Gasteiger partial charge on any atom is -0.465 e. The first kappa shape index (κ1) is 11.7. The number of ether oxygens (including phenoxy) is 1. The molecule has 1 aliphatic heterocycles. The SMILES string of the molecule is CCOC(=O)CN1C=Nc2cccc3cccc1c23. The second-order valence-electron chi connectivity index (χ2n) is 4.33. The molecule has 4 nitrogen and oxygen atoms in total. The Kier molecular flexibility index (Phi) is 2.91. The van der Waals surface area contributed by atoms with E-state index in [-0.39, 0.29) is 12.5 Å². The van der Waals surface area contributed by atoms with Crippen molar-refractivity contribution < 1.29 is 9.53 Å². The predicted octanol–water partition coefficient (Wildman–Crippen LogP) is 2.88. The first-order valence-corrected chi connectivity index (χ1v) is 6.28. The van der Waals surface area contributed by atoms with Crippen LogP contribution in [0.1, 0.15) is 6.92 Å². The Balaban J connectivity index is 2.02. The molecule has 0 spiro atoms. The number of carbonyl (C=O) groups is 1. The molecule has 0 fully saturated rings. The second kappa shape index (κ2) is 4.72. The number of rotatable bonds is 3. The molecule has 0 atom stereocenters. The Hall–Kier alpha value is -2.36. The van der Waals surface area contributed by atoms with Crippen LogP contribution in [0.3, 0.4) is 0 Å². The van der Waals surface area contributed by atoms with Crippen molar-refractivity contribution in [3.8, 4) is 0 Å². The quantitative estimate of drug-likeness (QED) is 0.791. The number of esters is 1. The molecule has 0 radical (unpaired) electrons. The van der Waals surface area contributed by atoms with E-state index in [2.05, 4.69) is 4.99 Å². The lowest BCUT2D eigenvalue weighted by atomic mass is 10.1. The highest BCUT2D eigenvalue weighted by molar-refractivity contribution is 6.10. The van der Waals surface area contributed by atoms with Crippen molar-refractivity contribution in [3.63, 3.8) is 0 Å². The van der Waals surface area contributed by atoms with Gasteiger partial charge in [-0.05, 0) is 24.4 Å². The van der Waals surface area contributed by atoms with Crippen LogP contribution >= 0.6 is 0 Å². The lowest BCUT2D eigenvalue weighted by Crippen LogP contribution is -2.30. The molecule has 19 heavy (non-hydrogen) atoms. The van der Waals surface area contributed by atoms with Crippen LogP contribution in [0.5, 0.6) is 0 Å². The molecule has 0 saturated heterocycles. The van der Waals surface area contributed by atoms with E-state index in [0.29, 0.717) is 6.61 Å². The van der Waals surface area contributed by atoms with Crippen molar-refractivity contribution in [2.24, 2.45) is 4.99 Å². The second-order valence-corrected chi connectivity index (χ2v) is 4.33. The zero-order chi connectivity index (χ0) is 13.2. The highest BCUT2D eigenvalue weighted by Crippen LogP contribution is 2.36. The van der Waals surface area contributed by atoms with Crippen LogP contribution in [0.25, 0.3) is 10.8 Å². The fourth-order valence-electron chi connectivity index (χ4n) is 2.31. The average molecular weight is 254 g/mol. The van der Waals surface area contributed by atoms with E-state index in [9.17, 15) is 4.79 Å². The lowest BCUT2D eigenvalue weighted by Gasteiger charge is -2.24. The van der Waals surface area contributed by atoms with E-state index in [1.165, 1.54) is 0 Å². The van der Waals surface area contributed by atoms with Crippen LogP contribution in [0.2, 0.25) is 0 Å². The molecule has 0 aliphatic carbocycles. The number of aliphatic imine (C=N–C) groups is 1. The van der Waals surface area contributed by atoms with Gasteiger partial charge in [0.1, 0.15) is 6.54 Å². The van der Waals surface area contributed by atoms with Gasteiger partial charge in [0.2, 0.25) is 0 Å². The van der Waals surface area contributed by atoms with E-state index in [0.717, 1.165) is 22.1 Å². The Morgan fingerprint density at radius 3 is 2.84 bits per heavy atom. The molecule has 0 N–H and O–H groups in total. The molecular weight excluding hydrogens is 240 g/mol. The third kappa shape index (κ3) is 2.05. The number of hydrogen-bond acceptors (Lipinski definition) is 4. The van der Waals surface area contributed by atoms with E-state index >= 15 is 0 Å². The van der Waals surface area contributed by atoms with Crippen LogP contribution in [0.4, 0.5) is 11.4 Å². The summed E-state index contributed by atoms with van der Waals surface area (Å²) < 4.78 is 4.99. The van der Waals surface area contributed by atoms with E-state index in [1.807, 2.05) is 41.3 Å². The van der Waals surface area contributed by atoms with Gasteiger partial charge in [0.05, 0.1) is 24.3 Å². The normalized spacial score (nSPS) is 12.8. The van der Waals surface area contributed by atoms with Crippen molar-refractivity contribution in [1.82, 2.24) is 0 Å². The van der Waals surface area contributed by atoms with Crippen molar-refractivity contribution in [2.75, 3.05) is 18.1 Å². The largest absolute Gasteiger partial charge is 0.465 e. The van der Waals surface area contributed by atoms with Gasteiger partial charge in [0.15, 0.2) is 0 Å². The molecule has 2 aromatic rings. The Morgan fingerprint density at radius 2 is 2.05 bits per heavy atom. The van der Waals surface area contributed by atoms with Gasteiger partial charge in [-0.25, -0.2) is 4.99 Å².